The van der Waals surface area contributed by atoms with Gasteiger partial charge in [0.05, 0.1) is 27.5 Å². The first kappa shape index (κ1) is 20.0. The van der Waals surface area contributed by atoms with E-state index in [9.17, 15) is 9.59 Å². The number of rotatable bonds is 5. The van der Waals surface area contributed by atoms with Crippen molar-refractivity contribution in [3.8, 4) is 11.3 Å². The zero-order chi connectivity index (χ0) is 21.4. The van der Waals surface area contributed by atoms with E-state index in [0.29, 0.717) is 27.4 Å². The van der Waals surface area contributed by atoms with Gasteiger partial charge in [0.15, 0.2) is 0 Å². The molecule has 158 valence electrons. The lowest BCUT2D eigenvalue weighted by Crippen LogP contribution is -2.27. The first-order chi connectivity index (χ1) is 15.1. The monoisotopic (exact) mass is 452 g/mol. The number of thiophene rings is 1. The van der Waals surface area contributed by atoms with Gasteiger partial charge in [0.2, 0.25) is 0 Å². The van der Waals surface area contributed by atoms with Gasteiger partial charge < -0.3 is 14.3 Å². The van der Waals surface area contributed by atoms with Crippen LogP contribution in [0.1, 0.15) is 41.2 Å². The van der Waals surface area contributed by atoms with Crippen LogP contribution in [0.5, 0.6) is 0 Å². The Balaban J connectivity index is 1.35. The lowest BCUT2D eigenvalue weighted by molar-refractivity contribution is 0.0792. The summed E-state index contributed by atoms with van der Waals surface area (Å²) in [5, 5.41) is 3.10. The molecule has 5 heterocycles. The van der Waals surface area contributed by atoms with E-state index in [2.05, 4.69) is 15.0 Å². The molecule has 1 atom stereocenters. The van der Waals surface area contributed by atoms with Crippen LogP contribution in [0, 0.1) is 0 Å². The van der Waals surface area contributed by atoms with Gasteiger partial charge in [-0.2, -0.15) is 0 Å². The summed E-state index contributed by atoms with van der Waals surface area (Å²) < 4.78 is 5.44. The van der Waals surface area contributed by atoms with Crippen molar-refractivity contribution >= 4 is 39.2 Å². The molecule has 4 aromatic rings. The Morgan fingerprint density at radius 2 is 2.13 bits per heavy atom. The Morgan fingerprint density at radius 3 is 2.84 bits per heavy atom. The minimum atomic E-state index is -0.181. The molecule has 1 N–H and O–H groups in total. The number of hydrogen-bond acceptors (Lipinski definition) is 7. The second-order valence-corrected chi connectivity index (χ2v) is 9.62. The summed E-state index contributed by atoms with van der Waals surface area (Å²) >= 11 is 2.91. The quantitative estimate of drug-likeness (QED) is 0.440. The maximum Gasteiger partial charge on any atom is 0.260 e. The van der Waals surface area contributed by atoms with Gasteiger partial charge in [-0.3, -0.25) is 9.59 Å². The van der Waals surface area contributed by atoms with E-state index in [4.69, 9.17) is 4.42 Å². The fourth-order valence-electron chi connectivity index (χ4n) is 3.69. The molecule has 1 amide bonds. The number of H-pyrrole nitrogens is 1. The molecule has 0 bridgehead atoms. The van der Waals surface area contributed by atoms with E-state index in [-0.39, 0.29) is 16.7 Å². The molecule has 9 heteroatoms. The summed E-state index contributed by atoms with van der Waals surface area (Å²) in [6.07, 6.45) is 5.34. The molecule has 1 fully saturated rings. The third kappa shape index (κ3) is 3.90. The maximum atomic E-state index is 12.8. The second kappa shape index (κ2) is 8.32. The van der Waals surface area contributed by atoms with Gasteiger partial charge in [0, 0.05) is 30.2 Å². The van der Waals surface area contributed by atoms with E-state index >= 15 is 0 Å². The zero-order valence-electron chi connectivity index (χ0n) is 16.8. The van der Waals surface area contributed by atoms with Gasteiger partial charge in [0.1, 0.15) is 16.4 Å². The molecule has 0 aliphatic carbocycles. The van der Waals surface area contributed by atoms with Gasteiger partial charge in [-0.1, -0.05) is 11.8 Å². The highest BCUT2D eigenvalue weighted by molar-refractivity contribution is 7.99. The summed E-state index contributed by atoms with van der Waals surface area (Å²) in [6.45, 7) is 3.61. The molecule has 31 heavy (non-hydrogen) atoms. The van der Waals surface area contributed by atoms with Crippen LogP contribution in [-0.4, -0.2) is 38.8 Å². The Hall–Kier alpha value is -2.91. The first-order valence-electron chi connectivity index (χ1n) is 10.1. The standard InChI is InChI=1S/C22H20N4O3S2/c1-13(31-17-7-6-14(11-23-17)22(28)26-8-2-3-9-26)19-24-20(27)18-15(12-30-21(18)25-19)16-5-4-10-29-16/h4-7,10-13H,2-3,8-9H2,1H3,(H,24,25,27)/t13-/m1/s1. The Morgan fingerprint density at radius 1 is 1.29 bits per heavy atom. The largest absolute Gasteiger partial charge is 0.464 e. The smallest absolute Gasteiger partial charge is 0.260 e. The molecule has 7 nitrogen and oxygen atoms in total. The number of likely N-dealkylation sites (tertiary alicyclic amines) is 1. The summed E-state index contributed by atoms with van der Waals surface area (Å²) in [5.41, 5.74) is 1.18. The number of furan rings is 1. The number of amides is 1. The minimum absolute atomic E-state index is 0.0381. The highest BCUT2D eigenvalue weighted by Crippen LogP contribution is 2.35. The molecule has 4 aromatic heterocycles. The molecule has 0 aromatic carbocycles. The van der Waals surface area contributed by atoms with E-state index in [1.54, 1.807) is 18.5 Å². The van der Waals surface area contributed by atoms with E-state index in [0.717, 1.165) is 36.5 Å². The summed E-state index contributed by atoms with van der Waals surface area (Å²) in [5.74, 6) is 1.28. The topological polar surface area (TPSA) is 92.1 Å². The molecule has 1 aliphatic rings. The lowest BCUT2D eigenvalue weighted by Gasteiger charge is -2.15. The van der Waals surface area contributed by atoms with Crippen LogP contribution in [0.15, 0.2) is 56.3 Å². The number of fused-ring (bicyclic) bond motifs is 1. The van der Waals surface area contributed by atoms with Crippen molar-refractivity contribution in [2.75, 3.05) is 13.1 Å². The second-order valence-electron chi connectivity index (χ2n) is 7.40. The number of carbonyl (C=O) groups excluding carboxylic acids is 1. The third-order valence-electron chi connectivity index (χ3n) is 5.31. The van der Waals surface area contributed by atoms with Gasteiger partial charge in [0.25, 0.3) is 11.5 Å². The van der Waals surface area contributed by atoms with Crippen LogP contribution in [0.2, 0.25) is 0 Å². The molecule has 0 saturated carbocycles. The maximum absolute atomic E-state index is 12.8. The molecule has 0 radical (unpaired) electrons. The number of pyridine rings is 1. The molecule has 1 aliphatic heterocycles. The number of nitrogens with one attached hydrogen (secondary N) is 1. The summed E-state index contributed by atoms with van der Waals surface area (Å²) in [7, 11) is 0. The number of aromatic nitrogens is 3. The normalized spacial score (nSPS) is 14.9. The molecular formula is C22H20N4O3S2. The molecule has 1 saturated heterocycles. The van der Waals surface area contributed by atoms with Gasteiger partial charge in [-0.25, -0.2) is 9.97 Å². The fourth-order valence-corrected chi connectivity index (χ4v) is 5.47. The van der Waals surface area contributed by atoms with E-state index in [1.165, 1.54) is 23.1 Å². The van der Waals surface area contributed by atoms with Crippen LogP contribution in [0.25, 0.3) is 21.5 Å². The van der Waals surface area contributed by atoms with Gasteiger partial charge >= 0.3 is 0 Å². The number of nitrogens with zero attached hydrogens (tertiary/aromatic N) is 3. The lowest BCUT2D eigenvalue weighted by atomic mass is 10.2. The van der Waals surface area contributed by atoms with Crippen LogP contribution in [-0.2, 0) is 0 Å². The number of carbonyl (C=O) groups is 1. The summed E-state index contributed by atoms with van der Waals surface area (Å²) in [6, 6.07) is 7.29. The van der Waals surface area contributed by atoms with E-state index in [1.807, 2.05) is 35.4 Å². The van der Waals surface area contributed by atoms with Crippen LogP contribution >= 0.6 is 23.1 Å². The van der Waals surface area contributed by atoms with E-state index < -0.39 is 0 Å². The Kier molecular flexibility index (Phi) is 5.37. The fraction of sp³-hybridized carbons (Fsp3) is 0.273. The third-order valence-corrected chi connectivity index (χ3v) is 7.24. The zero-order valence-corrected chi connectivity index (χ0v) is 18.5. The van der Waals surface area contributed by atoms with Crippen molar-refractivity contribution in [2.45, 2.75) is 30.0 Å². The highest BCUT2D eigenvalue weighted by Gasteiger charge is 2.21. The van der Waals surface area contributed by atoms with Crippen molar-refractivity contribution in [3.05, 3.63) is 63.8 Å². The Labute approximate surface area is 186 Å². The average molecular weight is 453 g/mol. The van der Waals surface area contributed by atoms with Crippen LogP contribution in [0.3, 0.4) is 0 Å². The number of aromatic amines is 1. The van der Waals surface area contributed by atoms with Gasteiger partial charge in [-0.05, 0) is 44.0 Å². The minimum Gasteiger partial charge on any atom is -0.464 e. The van der Waals surface area contributed by atoms with Crippen molar-refractivity contribution in [2.24, 2.45) is 0 Å². The number of hydrogen-bond donors (Lipinski definition) is 1. The molecular weight excluding hydrogens is 432 g/mol. The molecule has 0 spiro atoms. The molecule has 0 unspecified atom stereocenters. The number of thioether (sulfide) groups is 1. The van der Waals surface area contributed by atoms with Crippen molar-refractivity contribution in [3.63, 3.8) is 0 Å². The first-order valence-corrected chi connectivity index (χ1v) is 11.8. The van der Waals surface area contributed by atoms with Crippen molar-refractivity contribution < 1.29 is 9.21 Å². The Bertz CT molecular complexity index is 1270. The predicted molar refractivity (Wildman–Crippen MR) is 122 cm³/mol. The SMILES string of the molecule is C[C@@H](Sc1ccc(C(=O)N2CCCC2)cn1)c1nc2scc(-c3ccco3)c2c(=O)[nH]1. The molecule has 5 rings (SSSR count). The van der Waals surface area contributed by atoms with Crippen LogP contribution in [0.4, 0.5) is 0 Å². The summed E-state index contributed by atoms with van der Waals surface area (Å²) in [4.78, 5) is 39.8. The van der Waals surface area contributed by atoms with Crippen molar-refractivity contribution in [1.82, 2.24) is 19.9 Å². The van der Waals surface area contributed by atoms with Crippen LogP contribution < -0.4 is 5.56 Å². The van der Waals surface area contributed by atoms with Gasteiger partial charge in [-0.15, -0.1) is 11.3 Å². The average Bonchev–Trinajstić information content (AvgIpc) is 3.55. The predicted octanol–water partition coefficient (Wildman–Crippen LogP) is 4.73. The highest BCUT2D eigenvalue weighted by atomic mass is 32.2. The van der Waals surface area contributed by atoms with Crippen molar-refractivity contribution in [1.29, 1.82) is 0 Å².